The number of halogens is 2. The molecule has 2 rings (SSSR count). The molecule has 0 radical (unpaired) electrons. The zero-order valence-electron chi connectivity index (χ0n) is 13.7. The number of amides is 1. The molecule has 0 fully saturated rings. The van der Waals surface area contributed by atoms with E-state index >= 15 is 0 Å². The van der Waals surface area contributed by atoms with Gasteiger partial charge in [-0.05, 0) is 36.8 Å². The fourth-order valence-corrected chi connectivity index (χ4v) is 2.25. The Bertz CT molecular complexity index is 753. The number of para-hydroxylation sites is 1. The Balaban J connectivity index is 1.90. The van der Waals surface area contributed by atoms with Gasteiger partial charge in [0.25, 0.3) is 5.91 Å². The summed E-state index contributed by atoms with van der Waals surface area (Å²) in [5.41, 5.74) is 3.06. The maximum atomic E-state index is 13.4. The molecular formula is C18H18BrFN2O3. The number of ether oxygens (including phenoxy) is 2. The molecule has 1 amide bonds. The minimum absolute atomic E-state index is 0.0175. The summed E-state index contributed by atoms with van der Waals surface area (Å²) in [6.07, 6.45) is 2.37. The number of carbonyl (C=O) groups is 1. The lowest BCUT2D eigenvalue weighted by Gasteiger charge is -2.08. The van der Waals surface area contributed by atoms with E-state index in [1.165, 1.54) is 18.3 Å². The van der Waals surface area contributed by atoms with Gasteiger partial charge in [0, 0.05) is 10.0 Å². The Hall–Kier alpha value is -2.41. The van der Waals surface area contributed by atoms with Crippen molar-refractivity contribution in [1.82, 2.24) is 5.43 Å². The van der Waals surface area contributed by atoms with Crippen LogP contribution < -0.4 is 14.9 Å². The summed E-state index contributed by atoms with van der Waals surface area (Å²) in [5.74, 6) is -0.328. The van der Waals surface area contributed by atoms with E-state index in [0.717, 1.165) is 16.5 Å². The quantitative estimate of drug-likeness (QED) is 0.532. The Morgan fingerprint density at radius 2 is 2.04 bits per heavy atom. The van der Waals surface area contributed by atoms with Gasteiger partial charge in [-0.2, -0.15) is 5.10 Å². The van der Waals surface area contributed by atoms with Crippen molar-refractivity contribution in [2.75, 3.05) is 13.2 Å². The molecule has 132 valence electrons. The van der Waals surface area contributed by atoms with E-state index in [1.807, 2.05) is 25.1 Å². The van der Waals surface area contributed by atoms with Crippen molar-refractivity contribution in [2.45, 2.75) is 13.3 Å². The van der Waals surface area contributed by atoms with Crippen molar-refractivity contribution >= 4 is 28.1 Å². The van der Waals surface area contributed by atoms with Gasteiger partial charge in [0.2, 0.25) is 0 Å². The maximum Gasteiger partial charge on any atom is 0.277 e. The zero-order chi connectivity index (χ0) is 18.1. The lowest BCUT2D eigenvalue weighted by atomic mass is 10.2. The highest BCUT2D eigenvalue weighted by Crippen LogP contribution is 2.22. The van der Waals surface area contributed by atoms with Gasteiger partial charge in [0.15, 0.2) is 18.2 Å². The lowest BCUT2D eigenvalue weighted by molar-refractivity contribution is -0.123. The average Bonchev–Trinajstić information content (AvgIpc) is 2.60. The van der Waals surface area contributed by atoms with Crippen LogP contribution in [0.3, 0.4) is 0 Å². The van der Waals surface area contributed by atoms with Crippen molar-refractivity contribution in [3.63, 3.8) is 0 Å². The molecule has 0 bridgehead atoms. The zero-order valence-corrected chi connectivity index (χ0v) is 15.3. The molecule has 0 atom stereocenters. The van der Waals surface area contributed by atoms with Gasteiger partial charge >= 0.3 is 0 Å². The van der Waals surface area contributed by atoms with Gasteiger partial charge in [-0.25, -0.2) is 9.82 Å². The van der Waals surface area contributed by atoms with Crippen molar-refractivity contribution in [1.29, 1.82) is 0 Å². The molecular weight excluding hydrogens is 391 g/mol. The molecule has 25 heavy (non-hydrogen) atoms. The van der Waals surface area contributed by atoms with E-state index in [0.29, 0.717) is 12.4 Å². The summed E-state index contributed by atoms with van der Waals surface area (Å²) in [5, 5.41) is 3.89. The highest BCUT2D eigenvalue weighted by atomic mass is 79.9. The maximum absolute atomic E-state index is 13.4. The predicted molar refractivity (Wildman–Crippen MR) is 97.6 cm³/mol. The second kappa shape index (κ2) is 9.78. The smallest absolute Gasteiger partial charge is 0.277 e. The number of carbonyl (C=O) groups excluding carboxylic acids is 1. The molecule has 2 aromatic carbocycles. The van der Waals surface area contributed by atoms with Crippen molar-refractivity contribution < 1.29 is 18.7 Å². The van der Waals surface area contributed by atoms with Gasteiger partial charge in [-0.1, -0.05) is 35.0 Å². The minimum atomic E-state index is -0.523. The van der Waals surface area contributed by atoms with Gasteiger partial charge in [0.05, 0.1) is 12.8 Å². The molecule has 2 aromatic rings. The normalized spacial score (nSPS) is 10.7. The second-order valence-electron chi connectivity index (χ2n) is 5.04. The summed E-state index contributed by atoms with van der Waals surface area (Å²) in [6.45, 7) is 2.27. The molecule has 0 saturated carbocycles. The van der Waals surface area contributed by atoms with E-state index in [9.17, 15) is 9.18 Å². The summed E-state index contributed by atoms with van der Waals surface area (Å²) >= 11 is 3.38. The number of benzene rings is 2. The van der Waals surface area contributed by atoms with Gasteiger partial charge < -0.3 is 9.47 Å². The van der Waals surface area contributed by atoms with Crippen molar-refractivity contribution in [3.05, 3.63) is 58.3 Å². The summed E-state index contributed by atoms with van der Waals surface area (Å²) in [7, 11) is 0. The van der Waals surface area contributed by atoms with Gasteiger partial charge in [0.1, 0.15) is 5.75 Å². The molecule has 0 aromatic heterocycles. The summed E-state index contributed by atoms with van der Waals surface area (Å²) < 4.78 is 25.0. The summed E-state index contributed by atoms with van der Waals surface area (Å²) in [4.78, 5) is 11.7. The minimum Gasteiger partial charge on any atom is -0.493 e. The van der Waals surface area contributed by atoms with Crippen LogP contribution in [0.1, 0.15) is 18.9 Å². The standard InChI is InChI=1S/C18H18BrFN2O3/c1-2-9-24-16-8-7-14(19)10-13(16)11-21-22-18(23)12-25-17-6-4-3-5-15(17)20/h3-8,10-11H,2,9,12H2,1H3,(H,22,23)/b21-11-. The molecule has 0 saturated heterocycles. The van der Waals surface area contributed by atoms with Crippen LogP contribution in [0.2, 0.25) is 0 Å². The van der Waals surface area contributed by atoms with Crippen LogP contribution in [0.25, 0.3) is 0 Å². The van der Waals surface area contributed by atoms with E-state index in [1.54, 1.807) is 12.1 Å². The summed E-state index contributed by atoms with van der Waals surface area (Å²) in [6, 6.07) is 11.4. The van der Waals surface area contributed by atoms with E-state index in [2.05, 4.69) is 26.5 Å². The van der Waals surface area contributed by atoms with Crippen LogP contribution in [0.5, 0.6) is 11.5 Å². The van der Waals surface area contributed by atoms with E-state index in [4.69, 9.17) is 9.47 Å². The third kappa shape index (κ3) is 6.19. The Morgan fingerprint density at radius 1 is 1.24 bits per heavy atom. The molecule has 0 aliphatic rings. The predicted octanol–water partition coefficient (Wildman–Crippen LogP) is 3.91. The van der Waals surface area contributed by atoms with Crippen LogP contribution >= 0.6 is 15.9 Å². The van der Waals surface area contributed by atoms with Gasteiger partial charge in [-0.3, -0.25) is 4.79 Å². The van der Waals surface area contributed by atoms with Crippen molar-refractivity contribution in [3.8, 4) is 11.5 Å². The van der Waals surface area contributed by atoms with E-state index < -0.39 is 11.7 Å². The van der Waals surface area contributed by atoms with E-state index in [-0.39, 0.29) is 12.4 Å². The Kier molecular flexibility index (Phi) is 7.40. The number of nitrogens with one attached hydrogen (secondary N) is 1. The largest absolute Gasteiger partial charge is 0.493 e. The lowest BCUT2D eigenvalue weighted by Crippen LogP contribution is -2.24. The molecule has 5 nitrogen and oxygen atoms in total. The first-order chi connectivity index (χ1) is 12.1. The number of hydrogen-bond donors (Lipinski definition) is 1. The molecule has 1 N–H and O–H groups in total. The highest BCUT2D eigenvalue weighted by molar-refractivity contribution is 9.10. The molecule has 0 aliphatic heterocycles. The van der Waals surface area contributed by atoms with Crippen LogP contribution in [0.4, 0.5) is 4.39 Å². The first kappa shape index (κ1) is 18.9. The highest BCUT2D eigenvalue weighted by Gasteiger charge is 2.06. The monoisotopic (exact) mass is 408 g/mol. The number of rotatable bonds is 8. The molecule has 7 heteroatoms. The Labute approximate surface area is 154 Å². The molecule has 0 aliphatic carbocycles. The molecule has 0 unspecified atom stereocenters. The number of hydrazone groups is 1. The Morgan fingerprint density at radius 3 is 2.80 bits per heavy atom. The third-order valence-corrected chi connectivity index (χ3v) is 3.52. The van der Waals surface area contributed by atoms with Gasteiger partial charge in [-0.15, -0.1) is 0 Å². The second-order valence-corrected chi connectivity index (χ2v) is 5.96. The SMILES string of the molecule is CCCOc1ccc(Br)cc1/C=N\NC(=O)COc1ccccc1F. The fraction of sp³-hybridized carbons (Fsp3) is 0.222. The van der Waals surface area contributed by atoms with Crippen LogP contribution in [-0.4, -0.2) is 25.3 Å². The van der Waals surface area contributed by atoms with Crippen molar-refractivity contribution in [2.24, 2.45) is 5.10 Å². The first-order valence-electron chi connectivity index (χ1n) is 7.71. The third-order valence-electron chi connectivity index (χ3n) is 3.02. The fourth-order valence-electron chi connectivity index (χ4n) is 1.87. The average molecular weight is 409 g/mol. The molecule has 0 heterocycles. The first-order valence-corrected chi connectivity index (χ1v) is 8.51. The number of hydrogen-bond acceptors (Lipinski definition) is 4. The topological polar surface area (TPSA) is 59.9 Å². The molecule has 0 spiro atoms. The van der Waals surface area contributed by atoms with Crippen LogP contribution in [-0.2, 0) is 4.79 Å². The van der Waals surface area contributed by atoms with Crippen LogP contribution in [0, 0.1) is 5.82 Å². The number of nitrogens with zero attached hydrogens (tertiary/aromatic N) is 1. The van der Waals surface area contributed by atoms with Crippen LogP contribution in [0.15, 0.2) is 52.0 Å².